The molecule has 0 spiro atoms. The lowest BCUT2D eigenvalue weighted by Crippen LogP contribution is -2.58. The molecule has 2 aliphatic heterocycles. The number of carbonyl (C=O) groups excluding carboxylic acids is 3. The maximum Gasteiger partial charge on any atom is 0.319 e. The minimum atomic E-state index is -1.08. The standard InChI is InChI=1S/C30H34N2O5/c1-5-20-21(16-25(33)23-15-19-13-9-10-14-22(19)31-23)26(29(35)37-30(2,3)4)27(34)32-24(17-36-28(20)32)18-11-7-6-8-12-18/h6-15,20-21,24,26,28,31H,5,16-17H2,1-4H3/t20-,21+,24-,26+,28+/m0/s1. The summed E-state index contributed by atoms with van der Waals surface area (Å²) >= 11 is 0. The highest BCUT2D eigenvalue weighted by Gasteiger charge is 2.57. The Morgan fingerprint density at radius 1 is 1.05 bits per heavy atom. The molecule has 0 saturated carbocycles. The van der Waals surface area contributed by atoms with Crippen molar-refractivity contribution in [3.05, 3.63) is 71.9 Å². The predicted molar refractivity (Wildman–Crippen MR) is 140 cm³/mol. The number of hydrogen-bond acceptors (Lipinski definition) is 5. The summed E-state index contributed by atoms with van der Waals surface area (Å²) in [6.07, 6.45) is 0.201. The van der Waals surface area contributed by atoms with Crippen molar-refractivity contribution in [2.75, 3.05) is 6.61 Å². The molecule has 2 fully saturated rings. The number of piperidine rings is 1. The number of benzene rings is 2. The van der Waals surface area contributed by atoms with Crippen LogP contribution in [0.2, 0.25) is 0 Å². The van der Waals surface area contributed by atoms with Gasteiger partial charge >= 0.3 is 5.97 Å². The number of ether oxygens (including phenoxy) is 2. The number of esters is 1. The van der Waals surface area contributed by atoms with Gasteiger partial charge in [0.1, 0.15) is 17.7 Å². The van der Waals surface area contributed by atoms with Gasteiger partial charge in [0.05, 0.1) is 18.3 Å². The van der Waals surface area contributed by atoms with Crippen molar-refractivity contribution in [3.8, 4) is 0 Å². The molecule has 2 saturated heterocycles. The average Bonchev–Trinajstić information content (AvgIpc) is 3.49. The van der Waals surface area contributed by atoms with Gasteiger partial charge in [-0.05, 0) is 50.8 Å². The number of rotatable bonds is 6. The van der Waals surface area contributed by atoms with Crippen molar-refractivity contribution in [2.24, 2.45) is 17.8 Å². The third-order valence-electron chi connectivity index (χ3n) is 7.47. The SMILES string of the molecule is CC[C@H]1[C@@H](CC(=O)c2cc3ccccc3[nH]2)[C@@H](C(=O)OC(C)(C)C)C(=O)N2[C@@H]1OC[C@H]2c1ccccc1. The number of Topliss-reactive ketones (excluding diaryl/α,β-unsaturated/α-hetero) is 1. The summed E-state index contributed by atoms with van der Waals surface area (Å²) in [7, 11) is 0. The second kappa shape index (κ2) is 9.78. The molecule has 2 aromatic carbocycles. The van der Waals surface area contributed by atoms with E-state index in [-0.39, 0.29) is 30.1 Å². The summed E-state index contributed by atoms with van der Waals surface area (Å²) < 4.78 is 12.0. The number of H-pyrrole nitrogens is 1. The fraction of sp³-hybridized carbons (Fsp3) is 0.433. The zero-order chi connectivity index (χ0) is 26.3. The van der Waals surface area contributed by atoms with E-state index in [9.17, 15) is 14.4 Å². The molecule has 37 heavy (non-hydrogen) atoms. The molecule has 3 heterocycles. The van der Waals surface area contributed by atoms with Crippen LogP contribution in [0, 0.1) is 17.8 Å². The van der Waals surface area contributed by atoms with Gasteiger partial charge in [0.2, 0.25) is 5.91 Å². The molecule has 1 N–H and O–H groups in total. The summed E-state index contributed by atoms with van der Waals surface area (Å²) in [4.78, 5) is 46.1. The van der Waals surface area contributed by atoms with E-state index in [4.69, 9.17) is 9.47 Å². The van der Waals surface area contributed by atoms with E-state index >= 15 is 0 Å². The van der Waals surface area contributed by atoms with Gasteiger partial charge in [-0.3, -0.25) is 14.4 Å². The molecule has 5 atom stereocenters. The second-order valence-corrected chi connectivity index (χ2v) is 11.0. The highest BCUT2D eigenvalue weighted by molar-refractivity contribution is 6.02. The molecule has 7 heteroatoms. The fourth-order valence-corrected chi connectivity index (χ4v) is 5.83. The highest BCUT2D eigenvalue weighted by Crippen LogP contribution is 2.47. The number of para-hydroxylation sites is 1. The number of hydrogen-bond donors (Lipinski definition) is 1. The van der Waals surface area contributed by atoms with Crippen molar-refractivity contribution in [1.82, 2.24) is 9.88 Å². The number of nitrogens with one attached hydrogen (secondary N) is 1. The van der Waals surface area contributed by atoms with Crippen LogP contribution < -0.4 is 0 Å². The van der Waals surface area contributed by atoms with Crippen molar-refractivity contribution >= 4 is 28.6 Å². The highest BCUT2D eigenvalue weighted by atomic mass is 16.6. The molecule has 0 aliphatic carbocycles. The Morgan fingerprint density at radius 2 is 1.76 bits per heavy atom. The molecule has 0 unspecified atom stereocenters. The van der Waals surface area contributed by atoms with E-state index in [2.05, 4.69) is 4.98 Å². The molecule has 0 radical (unpaired) electrons. The number of fused-ring (bicyclic) bond motifs is 2. The second-order valence-electron chi connectivity index (χ2n) is 11.0. The van der Waals surface area contributed by atoms with Gasteiger partial charge in [0.25, 0.3) is 0 Å². The topological polar surface area (TPSA) is 88.7 Å². The normalized spacial score (nSPS) is 25.8. The van der Waals surface area contributed by atoms with Gasteiger partial charge in [-0.15, -0.1) is 0 Å². The van der Waals surface area contributed by atoms with Gasteiger partial charge in [-0.25, -0.2) is 0 Å². The van der Waals surface area contributed by atoms with E-state index in [1.165, 1.54) is 0 Å². The van der Waals surface area contributed by atoms with Crippen molar-refractivity contribution < 1.29 is 23.9 Å². The predicted octanol–water partition coefficient (Wildman–Crippen LogP) is 5.28. The minimum absolute atomic E-state index is 0.0463. The summed E-state index contributed by atoms with van der Waals surface area (Å²) in [6.45, 7) is 7.73. The van der Waals surface area contributed by atoms with E-state index in [0.717, 1.165) is 16.5 Å². The number of aromatic nitrogens is 1. The Labute approximate surface area is 217 Å². The smallest absolute Gasteiger partial charge is 0.319 e. The third kappa shape index (κ3) is 4.80. The van der Waals surface area contributed by atoms with Crippen molar-refractivity contribution in [3.63, 3.8) is 0 Å². The molecule has 1 amide bonds. The largest absolute Gasteiger partial charge is 0.459 e. The first kappa shape index (κ1) is 25.2. The molecular formula is C30H34N2O5. The van der Waals surface area contributed by atoms with Crippen LogP contribution in [0.4, 0.5) is 0 Å². The van der Waals surface area contributed by atoms with Crippen LogP contribution in [-0.4, -0.2) is 46.0 Å². The zero-order valence-corrected chi connectivity index (χ0v) is 21.8. The van der Waals surface area contributed by atoms with Crippen molar-refractivity contribution in [2.45, 2.75) is 58.4 Å². The molecule has 0 bridgehead atoms. The lowest BCUT2D eigenvalue weighted by atomic mass is 9.71. The lowest BCUT2D eigenvalue weighted by molar-refractivity contribution is -0.181. The number of carbonyl (C=O) groups is 3. The maximum atomic E-state index is 14.1. The van der Waals surface area contributed by atoms with Gasteiger partial charge in [0, 0.05) is 23.2 Å². The van der Waals surface area contributed by atoms with Crippen LogP contribution in [0.3, 0.4) is 0 Å². The minimum Gasteiger partial charge on any atom is -0.459 e. The molecule has 3 aromatic rings. The first-order valence-corrected chi connectivity index (χ1v) is 13.0. The van der Waals surface area contributed by atoms with Crippen molar-refractivity contribution in [1.29, 1.82) is 0 Å². The number of aromatic amines is 1. The van der Waals surface area contributed by atoms with E-state index in [1.54, 1.807) is 25.7 Å². The Morgan fingerprint density at radius 3 is 2.43 bits per heavy atom. The van der Waals surface area contributed by atoms with Crippen LogP contribution in [-0.2, 0) is 19.1 Å². The molecule has 2 aliphatic rings. The monoisotopic (exact) mass is 502 g/mol. The summed E-state index contributed by atoms with van der Waals surface area (Å²) in [5, 5.41) is 0.942. The summed E-state index contributed by atoms with van der Waals surface area (Å²) in [5.74, 6) is -2.86. The van der Waals surface area contributed by atoms with Gasteiger partial charge in [-0.2, -0.15) is 0 Å². The van der Waals surface area contributed by atoms with Gasteiger partial charge in [0.15, 0.2) is 5.78 Å². The Hall–Kier alpha value is -3.45. The number of ketones is 1. The third-order valence-corrected chi connectivity index (χ3v) is 7.47. The first-order valence-electron chi connectivity index (χ1n) is 13.0. The fourth-order valence-electron chi connectivity index (χ4n) is 5.83. The number of amides is 1. The summed E-state index contributed by atoms with van der Waals surface area (Å²) in [6, 6.07) is 19.0. The van der Waals surface area contributed by atoms with Crippen LogP contribution in [0.15, 0.2) is 60.7 Å². The zero-order valence-electron chi connectivity index (χ0n) is 21.8. The van der Waals surface area contributed by atoms with Crippen LogP contribution >= 0.6 is 0 Å². The van der Waals surface area contributed by atoms with E-state index in [0.29, 0.717) is 18.7 Å². The molecular weight excluding hydrogens is 468 g/mol. The Kier molecular flexibility index (Phi) is 6.67. The first-order chi connectivity index (χ1) is 17.7. The van der Waals surface area contributed by atoms with Gasteiger partial charge in [-0.1, -0.05) is 55.5 Å². The van der Waals surface area contributed by atoms with Crippen LogP contribution in [0.25, 0.3) is 10.9 Å². The quantitative estimate of drug-likeness (QED) is 0.281. The number of nitrogens with zero attached hydrogens (tertiary/aromatic N) is 1. The Balaban J connectivity index is 1.51. The molecule has 1 aromatic heterocycles. The van der Waals surface area contributed by atoms with E-state index in [1.807, 2.05) is 67.6 Å². The molecule has 194 valence electrons. The Bertz CT molecular complexity index is 1280. The van der Waals surface area contributed by atoms with Crippen LogP contribution in [0.5, 0.6) is 0 Å². The van der Waals surface area contributed by atoms with E-state index < -0.39 is 29.6 Å². The lowest BCUT2D eigenvalue weighted by Gasteiger charge is -2.45. The van der Waals surface area contributed by atoms with Gasteiger partial charge < -0.3 is 19.4 Å². The summed E-state index contributed by atoms with van der Waals surface area (Å²) in [5.41, 5.74) is 1.55. The molecule has 7 nitrogen and oxygen atoms in total. The van der Waals surface area contributed by atoms with Crippen LogP contribution in [0.1, 0.15) is 62.6 Å². The molecule has 5 rings (SSSR count). The maximum absolute atomic E-state index is 14.1. The average molecular weight is 503 g/mol.